The number of sulfonamides is 1. The van der Waals surface area contributed by atoms with Crippen molar-refractivity contribution in [3.05, 3.63) is 0 Å². The van der Waals surface area contributed by atoms with Gasteiger partial charge in [-0.3, -0.25) is 0 Å². The Balaban J connectivity index is 2.19. The van der Waals surface area contributed by atoms with E-state index < -0.39 is 10.0 Å². The van der Waals surface area contributed by atoms with Crippen LogP contribution >= 0.6 is 0 Å². The van der Waals surface area contributed by atoms with E-state index in [1.54, 1.807) is 4.31 Å². The first-order valence-corrected chi connectivity index (χ1v) is 9.06. The van der Waals surface area contributed by atoms with Crippen LogP contribution in [0.5, 0.6) is 0 Å². The van der Waals surface area contributed by atoms with E-state index in [0.717, 1.165) is 19.3 Å². The van der Waals surface area contributed by atoms with E-state index in [0.29, 0.717) is 30.7 Å². The molecule has 3 unspecified atom stereocenters. The van der Waals surface area contributed by atoms with Crippen LogP contribution in [0.25, 0.3) is 0 Å². The lowest BCUT2D eigenvalue weighted by Crippen LogP contribution is -2.49. The molecule has 1 saturated carbocycles. The van der Waals surface area contributed by atoms with Gasteiger partial charge in [-0.05, 0) is 49.5 Å². The second kappa shape index (κ2) is 5.34. The molecule has 1 aliphatic heterocycles. The monoisotopic (exact) mass is 288 g/mol. The third-order valence-electron chi connectivity index (χ3n) is 4.99. The molecule has 3 atom stereocenters. The minimum atomic E-state index is -3.02. The van der Waals surface area contributed by atoms with Gasteiger partial charge in [-0.25, -0.2) is 8.42 Å². The lowest BCUT2D eigenvalue weighted by Gasteiger charge is -2.44. The SMILES string of the molecule is CC(C)(C)C1CCC(CN)C(N2CCCS2(=O)=O)C1. The fraction of sp³-hybridized carbons (Fsp3) is 1.00. The van der Waals surface area contributed by atoms with E-state index in [9.17, 15) is 8.42 Å². The van der Waals surface area contributed by atoms with Crippen LogP contribution in [-0.4, -0.2) is 37.6 Å². The Labute approximate surface area is 117 Å². The summed E-state index contributed by atoms with van der Waals surface area (Å²) < 4.78 is 26.1. The highest BCUT2D eigenvalue weighted by Crippen LogP contribution is 2.42. The zero-order chi connectivity index (χ0) is 14.3. The van der Waals surface area contributed by atoms with Crippen LogP contribution in [-0.2, 0) is 10.0 Å². The van der Waals surface area contributed by atoms with Gasteiger partial charge in [-0.15, -0.1) is 0 Å². The molecule has 0 aromatic heterocycles. The number of hydrogen-bond acceptors (Lipinski definition) is 3. The molecule has 0 aromatic carbocycles. The molecular formula is C14H28N2O2S. The summed E-state index contributed by atoms with van der Waals surface area (Å²) in [5.74, 6) is 1.25. The van der Waals surface area contributed by atoms with Crippen LogP contribution in [0.1, 0.15) is 46.5 Å². The van der Waals surface area contributed by atoms with Gasteiger partial charge in [-0.1, -0.05) is 20.8 Å². The molecule has 0 amide bonds. The van der Waals surface area contributed by atoms with Crippen LogP contribution in [0.2, 0.25) is 0 Å². The summed E-state index contributed by atoms with van der Waals surface area (Å²) >= 11 is 0. The van der Waals surface area contributed by atoms with Crippen molar-refractivity contribution in [1.82, 2.24) is 4.31 Å². The predicted octanol–water partition coefficient (Wildman–Crippen LogP) is 1.81. The highest BCUT2D eigenvalue weighted by molar-refractivity contribution is 7.89. The maximum Gasteiger partial charge on any atom is 0.214 e. The fourth-order valence-corrected chi connectivity index (χ4v) is 5.46. The van der Waals surface area contributed by atoms with Gasteiger partial charge in [-0.2, -0.15) is 4.31 Å². The van der Waals surface area contributed by atoms with Crippen molar-refractivity contribution in [3.8, 4) is 0 Å². The van der Waals surface area contributed by atoms with Gasteiger partial charge in [0.1, 0.15) is 0 Å². The zero-order valence-electron chi connectivity index (χ0n) is 12.4. The molecule has 5 heteroatoms. The number of nitrogens with two attached hydrogens (primary N) is 1. The number of nitrogens with zero attached hydrogens (tertiary/aromatic N) is 1. The molecule has 1 saturated heterocycles. The molecule has 0 aromatic rings. The molecule has 0 bridgehead atoms. The fourth-order valence-electron chi connectivity index (χ4n) is 3.65. The van der Waals surface area contributed by atoms with Gasteiger partial charge in [0.15, 0.2) is 0 Å². The van der Waals surface area contributed by atoms with Gasteiger partial charge < -0.3 is 5.73 Å². The first-order valence-electron chi connectivity index (χ1n) is 7.45. The molecule has 19 heavy (non-hydrogen) atoms. The summed E-state index contributed by atoms with van der Waals surface area (Å²) in [5.41, 5.74) is 6.13. The minimum absolute atomic E-state index is 0.135. The van der Waals surface area contributed by atoms with Crippen molar-refractivity contribution in [1.29, 1.82) is 0 Å². The topological polar surface area (TPSA) is 63.4 Å². The van der Waals surface area contributed by atoms with Gasteiger partial charge >= 0.3 is 0 Å². The molecular weight excluding hydrogens is 260 g/mol. The molecule has 0 radical (unpaired) electrons. The van der Waals surface area contributed by atoms with Crippen molar-refractivity contribution in [3.63, 3.8) is 0 Å². The molecule has 1 aliphatic carbocycles. The highest BCUT2D eigenvalue weighted by atomic mass is 32.2. The lowest BCUT2D eigenvalue weighted by atomic mass is 9.68. The van der Waals surface area contributed by atoms with Gasteiger partial charge in [0.05, 0.1) is 5.75 Å². The largest absolute Gasteiger partial charge is 0.330 e. The van der Waals surface area contributed by atoms with E-state index in [4.69, 9.17) is 5.73 Å². The quantitative estimate of drug-likeness (QED) is 0.843. The maximum atomic E-state index is 12.2. The Morgan fingerprint density at radius 1 is 1.26 bits per heavy atom. The van der Waals surface area contributed by atoms with Gasteiger partial charge in [0.25, 0.3) is 0 Å². The van der Waals surface area contributed by atoms with Gasteiger partial charge in [0.2, 0.25) is 10.0 Å². The van der Waals surface area contributed by atoms with Crippen molar-refractivity contribution >= 4 is 10.0 Å². The number of hydrogen-bond donors (Lipinski definition) is 1. The second-order valence-electron chi connectivity index (χ2n) is 7.22. The maximum absolute atomic E-state index is 12.2. The molecule has 2 N–H and O–H groups in total. The van der Waals surface area contributed by atoms with Crippen molar-refractivity contribution in [2.75, 3.05) is 18.8 Å². The predicted molar refractivity (Wildman–Crippen MR) is 78.2 cm³/mol. The molecule has 1 heterocycles. The highest BCUT2D eigenvalue weighted by Gasteiger charge is 2.43. The Hall–Kier alpha value is -0.130. The van der Waals surface area contributed by atoms with E-state index in [1.807, 2.05) is 0 Å². The normalized spacial score (nSPS) is 36.5. The van der Waals surface area contributed by atoms with Crippen LogP contribution in [0.4, 0.5) is 0 Å². The Morgan fingerprint density at radius 2 is 1.95 bits per heavy atom. The van der Waals surface area contributed by atoms with Crippen molar-refractivity contribution < 1.29 is 8.42 Å². The Kier molecular flexibility index (Phi) is 4.29. The average molecular weight is 288 g/mol. The van der Waals surface area contributed by atoms with E-state index in [1.165, 1.54) is 6.42 Å². The molecule has 2 aliphatic rings. The lowest BCUT2D eigenvalue weighted by molar-refractivity contribution is 0.0878. The van der Waals surface area contributed by atoms with E-state index in [2.05, 4.69) is 20.8 Å². The van der Waals surface area contributed by atoms with Crippen LogP contribution in [0, 0.1) is 17.3 Å². The van der Waals surface area contributed by atoms with Crippen LogP contribution < -0.4 is 5.73 Å². The van der Waals surface area contributed by atoms with Crippen molar-refractivity contribution in [2.45, 2.75) is 52.5 Å². The summed E-state index contributed by atoms with van der Waals surface area (Å²) in [6.07, 6.45) is 3.99. The average Bonchev–Trinajstić information content (AvgIpc) is 2.66. The Morgan fingerprint density at radius 3 is 2.42 bits per heavy atom. The molecule has 112 valence electrons. The summed E-state index contributed by atoms with van der Waals surface area (Å²) in [7, 11) is -3.02. The summed E-state index contributed by atoms with van der Waals surface area (Å²) in [5, 5.41) is 0. The Bertz CT molecular complexity index is 414. The second-order valence-corrected chi connectivity index (χ2v) is 9.26. The third kappa shape index (κ3) is 3.14. The van der Waals surface area contributed by atoms with Crippen LogP contribution in [0.15, 0.2) is 0 Å². The zero-order valence-corrected chi connectivity index (χ0v) is 13.2. The van der Waals surface area contributed by atoms with E-state index >= 15 is 0 Å². The van der Waals surface area contributed by atoms with Gasteiger partial charge in [0, 0.05) is 12.6 Å². The minimum Gasteiger partial charge on any atom is -0.330 e. The summed E-state index contributed by atoms with van der Waals surface area (Å²) in [4.78, 5) is 0. The van der Waals surface area contributed by atoms with E-state index in [-0.39, 0.29) is 11.5 Å². The molecule has 2 rings (SSSR count). The molecule has 4 nitrogen and oxygen atoms in total. The third-order valence-corrected chi connectivity index (χ3v) is 6.96. The first-order chi connectivity index (χ1) is 8.75. The first kappa shape index (κ1) is 15.3. The summed E-state index contributed by atoms with van der Waals surface area (Å²) in [6, 6.07) is 0.135. The number of rotatable bonds is 2. The summed E-state index contributed by atoms with van der Waals surface area (Å²) in [6.45, 7) is 8.08. The molecule has 0 spiro atoms. The molecule has 2 fully saturated rings. The standard InChI is InChI=1S/C14H28N2O2S/c1-14(2,3)12-6-5-11(10-15)13(9-12)16-7-4-8-19(16,17)18/h11-13H,4-10,15H2,1-3H3. The smallest absolute Gasteiger partial charge is 0.214 e. The van der Waals surface area contributed by atoms with Crippen molar-refractivity contribution in [2.24, 2.45) is 23.0 Å². The van der Waals surface area contributed by atoms with Crippen LogP contribution in [0.3, 0.4) is 0 Å².